The zero-order valence-corrected chi connectivity index (χ0v) is 6.99. The van der Waals surface area contributed by atoms with Gasteiger partial charge in [-0.15, -0.1) is 0 Å². The maximum atomic E-state index is 13.1. The van der Waals surface area contributed by atoms with E-state index in [1.165, 1.54) is 24.5 Å². The number of rotatable bonds is 1. The van der Waals surface area contributed by atoms with Crippen molar-refractivity contribution in [2.45, 2.75) is 6.92 Å². The lowest BCUT2D eigenvalue weighted by Gasteiger charge is -1.95. The molecule has 0 saturated carbocycles. The van der Waals surface area contributed by atoms with Crippen LogP contribution in [-0.4, -0.2) is 9.97 Å². The Morgan fingerprint density at radius 1 is 1.38 bits per heavy atom. The number of nitrogens with zero attached hydrogens (tertiary/aromatic N) is 2. The van der Waals surface area contributed by atoms with Crippen molar-refractivity contribution in [3.05, 3.63) is 36.2 Å². The first-order valence-electron chi connectivity index (χ1n) is 3.80. The second-order valence-electron chi connectivity index (χ2n) is 2.58. The first kappa shape index (κ1) is 7.91. The van der Waals surface area contributed by atoms with Crippen LogP contribution in [0, 0.1) is 12.7 Å². The van der Waals surface area contributed by atoms with Crippen LogP contribution in [0.1, 0.15) is 5.89 Å². The first-order valence-corrected chi connectivity index (χ1v) is 3.80. The molecule has 2 aromatic rings. The van der Waals surface area contributed by atoms with Crippen molar-refractivity contribution in [3.8, 4) is 11.5 Å². The monoisotopic (exact) mass is 178 g/mol. The molecule has 0 aromatic carbocycles. The molecule has 66 valence electrons. The summed E-state index contributed by atoms with van der Waals surface area (Å²) in [5, 5.41) is 0. The molecule has 0 saturated heterocycles. The lowest BCUT2D eigenvalue weighted by atomic mass is 10.3. The standard InChI is InChI=1S/C9H7FN2O/c1-6-12-5-8(13-6)9-7(10)3-2-4-11-9/h2-5H,1H3. The molecule has 4 heteroatoms. The zero-order chi connectivity index (χ0) is 9.26. The van der Waals surface area contributed by atoms with E-state index in [2.05, 4.69) is 9.97 Å². The number of aromatic nitrogens is 2. The summed E-state index contributed by atoms with van der Waals surface area (Å²) in [7, 11) is 0. The molecule has 2 rings (SSSR count). The van der Waals surface area contributed by atoms with Gasteiger partial charge < -0.3 is 4.42 Å². The predicted molar refractivity (Wildman–Crippen MR) is 44.4 cm³/mol. The maximum Gasteiger partial charge on any atom is 0.191 e. The molecule has 0 aliphatic carbocycles. The van der Waals surface area contributed by atoms with Gasteiger partial charge in [0, 0.05) is 13.1 Å². The highest BCUT2D eigenvalue weighted by atomic mass is 19.1. The van der Waals surface area contributed by atoms with E-state index in [1.807, 2.05) is 0 Å². The van der Waals surface area contributed by atoms with Crippen molar-refractivity contribution in [3.63, 3.8) is 0 Å². The fourth-order valence-electron chi connectivity index (χ4n) is 1.04. The van der Waals surface area contributed by atoms with Crippen LogP contribution in [0.5, 0.6) is 0 Å². The molecule has 3 nitrogen and oxygen atoms in total. The molecular weight excluding hydrogens is 171 g/mol. The maximum absolute atomic E-state index is 13.1. The Hall–Kier alpha value is -1.71. The first-order chi connectivity index (χ1) is 6.27. The van der Waals surface area contributed by atoms with E-state index in [-0.39, 0.29) is 5.69 Å². The van der Waals surface area contributed by atoms with Crippen molar-refractivity contribution < 1.29 is 8.81 Å². The van der Waals surface area contributed by atoms with Crippen LogP contribution < -0.4 is 0 Å². The van der Waals surface area contributed by atoms with Crippen LogP contribution in [-0.2, 0) is 0 Å². The lowest BCUT2D eigenvalue weighted by Crippen LogP contribution is -1.85. The minimum absolute atomic E-state index is 0.197. The summed E-state index contributed by atoms with van der Waals surface area (Å²) in [4.78, 5) is 7.71. The third-order valence-electron chi connectivity index (χ3n) is 1.61. The quantitative estimate of drug-likeness (QED) is 0.671. The van der Waals surface area contributed by atoms with Crippen LogP contribution in [0.25, 0.3) is 11.5 Å². The van der Waals surface area contributed by atoms with Crippen molar-refractivity contribution in [1.29, 1.82) is 0 Å². The molecule has 0 radical (unpaired) electrons. The molecular formula is C9H7FN2O. The highest BCUT2D eigenvalue weighted by Crippen LogP contribution is 2.19. The van der Waals surface area contributed by atoms with Gasteiger partial charge in [-0.2, -0.15) is 0 Å². The van der Waals surface area contributed by atoms with Gasteiger partial charge in [0.15, 0.2) is 17.5 Å². The summed E-state index contributed by atoms with van der Waals surface area (Å²) < 4.78 is 18.3. The summed E-state index contributed by atoms with van der Waals surface area (Å²) in [6.45, 7) is 1.70. The molecule has 0 atom stereocenters. The van der Waals surface area contributed by atoms with E-state index in [0.29, 0.717) is 11.7 Å². The SMILES string of the molecule is Cc1ncc(-c2ncccc2F)o1. The molecule has 2 heterocycles. The molecule has 0 bridgehead atoms. The third kappa shape index (κ3) is 1.42. The van der Waals surface area contributed by atoms with Gasteiger partial charge in [-0.3, -0.25) is 0 Å². The van der Waals surface area contributed by atoms with Crippen LogP contribution in [0.15, 0.2) is 28.9 Å². The summed E-state index contributed by atoms with van der Waals surface area (Å²) in [5.74, 6) is 0.453. The van der Waals surface area contributed by atoms with Gasteiger partial charge in [0.05, 0.1) is 6.20 Å². The van der Waals surface area contributed by atoms with Crippen LogP contribution in [0.4, 0.5) is 4.39 Å². The number of hydrogen-bond donors (Lipinski definition) is 0. The second kappa shape index (κ2) is 2.97. The topological polar surface area (TPSA) is 38.9 Å². The van der Waals surface area contributed by atoms with Gasteiger partial charge in [-0.1, -0.05) is 0 Å². The molecule has 0 unspecified atom stereocenters. The van der Waals surface area contributed by atoms with E-state index in [0.717, 1.165) is 0 Å². The van der Waals surface area contributed by atoms with Crippen LogP contribution >= 0.6 is 0 Å². The Bertz CT molecular complexity index is 425. The van der Waals surface area contributed by atoms with Crippen molar-refractivity contribution in [2.75, 3.05) is 0 Å². The van der Waals surface area contributed by atoms with Gasteiger partial charge in [0.25, 0.3) is 0 Å². The van der Waals surface area contributed by atoms with Crippen LogP contribution in [0.2, 0.25) is 0 Å². The van der Waals surface area contributed by atoms with E-state index in [4.69, 9.17) is 4.42 Å². The number of oxazole rings is 1. The third-order valence-corrected chi connectivity index (χ3v) is 1.61. The Morgan fingerprint density at radius 3 is 2.85 bits per heavy atom. The van der Waals surface area contributed by atoms with Gasteiger partial charge in [0.2, 0.25) is 0 Å². The van der Waals surface area contributed by atoms with E-state index in [9.17, 15) is 4.39 Å². The summed E-state index contributed by atoms with van der Waals surface area (Å²) in [6, 6.07) is 2.86. The average molecular weight is 178 g/mol. The Kier molecular flexibility index (Phi) is 1.81. The molecule has 0 aliphatic heterocycles. The molecule has 0 N–H and O–H groups in total. The van der Waals surface area contributed by atoms with E-state index >= 15 is 0 Å². The molecule has 0 fully saturated rings. The Morgan fingerprint density at radius 2 is 2.23 bits per heavy atom. The average Bonchev–Trinajstić information content (AvgIpc) is 2.53. The van der Waals surface area contributed by atoms with Crippen molar-refractivity contribution in [1.82, 2.24) is 9.97 Å². The van der Waals surface area contributed by atoms with Crippen molar-refractivity contribution in [2.24, 2.45) is 0 Å². The molecule has 0 aliphatic rings. The molecule has 0 spiro atoms. The minimum Gasteiger partial charge on any atom is -0.439 e. The van der Waals surface area contributed by atoms with Gasteiger partial charge in [-0.25, -0.2) is 14.4 Å². The van der Waals surface area contributed by atoms with Gasteiger partial charge in [-0.05, 0) is 12.1 Å². The fourth-order valence-corrected chi connectivity index (χ4v) is 1.04. The normalized spacial score (nSPS) is 10.3. The Labute approximate surface area is 74.3 Å². The lowest BCUT2D eigenvalue weighted by molar-refractivity contribution is 0.525. The smallest absolute Gasteiger partial charge is 0.191 e. The predicted octanol–water partition coefficient (Wildman–Crippen LogP) is 2.18. The summed E-state index contributed by atoms with van der Waals surface area (Å²) >= 11 is 0. The Balaban J connectivity index is 2.52. The van der Waals surface area contributed by atoms with Crippen molar-refractivity contribution >= 4 is 0 Å². The highest BCUT2D eigenvalue weighted by Gasteiger charge is 2.09. The summed E-state index contributed by atoms with van der Waals surface area (Å²) in [5.41, 5.74) is 0.197. The van der Waals surface area contributed by atoms with E-state index < -0.39 is 5.82 Å². The zero-order valence-electron chi connectivity index (χ0n) is 6.99. The second-order valence-corrected chi connectivity index (χ2v) is 2.58. The number of halogens is 1. The van der Waals surface area contributed by atoms with Gasteiger partial charge >= 0.3 is 0 Å². The largest absolute Gasteiger partial charge is 0.439 e. The fraction of sp³-hybridized carbons (Fsp3) is 0.111. The van der Waals surface area contributed by atoms with Crippen LogP contribution in [0.3, 0.4) is 0 Å². The number of pyridine rings is 1. The van der Waals surface area contributed by atoms with E-state index in [1.54, 1.807) is 6.92 Å². The number of aryl methyl sites for hydroxylation is 1. The van der Waals surface area contributed by atoms with Gasteiger partial charge in [0.1, 0.15) is 5.69 Å². The minimum atomic E-state index is -0.404. The summed E-state index contributed by atoms with van der Waals surface area (Å²) in [6.07, 6.45) is 2.97. The molecule has 2 aromatic heterocycles. The molecule has 13 heavy (non-hydrogen) atoms. The molecule has 0 amide bonds. The highest BCUT2D eigenvalue weighted by molar-refractivity contribution is 5.50. The number of hydrogen-bond acceptors (Lipinski definition) is 3.